The average molecular weight is 336 g/mol. The molecule has 1 N–H and O–H groups in total. The van der Waals surface area contributed by atoms with Gasteiger partial charge in [-0.25, -0.2) is 13.6 Å². The summed E-state index contributed by atoms with van der Waals surface area (Å²) in [6.45, 7) is 1.11. The number of rotatable bonds is 6. The Hall–Kier alpha value is -2.90. The fourth-order valence-corrected chi connectivity index (χ4v) is 2.49. The highest BCUT2D eigenvalue weighted by atomic mass is 19.3. The SMILES string of the molecule is Cc1oc2ccc(OCc3ccnn3CC(F)F)cc2c1C(=O)O. The highest BCUT2D eigenvalue weighted by Gasteiger charge is 2.18. The highest BCUT2D eigenvalue weighted by molar-refractivity contribution is 6.03. The molecule has 0 aliphatic carbocycles. The summed E-state index contributed by atoms with van der Waals surface area (Å²) in [6, 6.07) is 6.39. The number of furan rings is 1. The van der Waals surface area contributed by atoms with Gasteiger partial charge in [-0.2, -0.15) is 5.10 Å². The Labute approximate surface area is 135 Å². The Bertz CT molecular complexity index is 885. The van der Waals surface area contributed by atoms with E-state index in [1.54, 1.807) is 31.2 Å². The maximum atomic E-state index is 12.5. The number of hydrogen-bond donors (Lipinski definition) is 1. The Balaban J connectivity index is 1.82. The fraction of sp³-hybridized carbons (Fsp3) is 0.250. The van der Waals surface area contributed by atoms with E-state index in [0.717, 1.165) is 0 Å². The van der Waals surface area contributed by atoms with Crippen molar-refractivity contribution in [3.8, 4) is 5.75 Å². The molecule has 3 rings (SSSR count). The van der Waals surface area contributed by atoms with Crippen LogP contribution in [0.2, 0.25) is 0 Å². The Morgan fingerprint density at radius 1 is 1.42 bits per heavy atom. The molecule has 6 nitrogen and oxygen atoms in total. The van der Waals surface area contributed by atoms with Crippen LogP contribution in [0.1, 0.15) is 21.8 Å². The molecule has 8 heteroatoms. The van der Waals surface area contributed by atoms with Gasteiger partial charge >= 0.3 is 5.97 Å². The van der Waals surface area contributed by atoms with E-state index in [2.05, 4.69) is 5.10 Å². The second-order valence-electron chi connectivity index (χ2n) is 5.18. The summed E-state index contributed by atoms with van der Waals surface area (Å²) in [6.07, 6.45) is -1.08. The molecule has 0 bridgehead atoms. The second-order valence-corrected chi connectivity index (χ2v) is 5.18. The van der Waals surface area contributed by atoms with Gasteiger partial charge in [-0.3, -0.25) is 4.68 Å². The summed E-state index contributed by atoms with van der Waals surface area (Å²) in [4.78, 5) is 11.3. The van der Waals surface area contributed by atoms with Crippen LogP contribution in [-0.4, -0.2) is 27.3 Å². The van der Waals surface area contributed by atoms with Crippen LogP contribution >= 0.6 is 0 Å². The van der Waals surface area contributed by atoms with Crippen LogP contribution in [-0.2, 0) is 13.2 Å². The number of hydrogen-bond acceptors (Lipinski definition) is 4. The van der Waals surface area contributed by atoms with Crippen molar-refractivity contribution in [1.82, 2.24) is 9.78 Å². The lowest BCUT2D eigenvalue weighted by molar-refractivity contribution is 0.0697. The molecule has 0 fully saturated rings. The highest BCUT2D eigenvalue weighted by Crippen LogP contribution is 2.29. The number of benzene rings is 1. The normalized spacial score (nSPS) is 11.3. The molecule has 0 unspecified atom stereocenters. The number of carboxylic acid groups (broad SMARTS) is 1. The molecule has 0 amide bonds. The van der Waals surface area contributed by atoms with Crippen LogP contribution in [0.15, 0.2) is 34.9 Å². The fourth-order valence-electron chi connectivity index (χ4n) is 2.49. The molecule has 126 valence electrons. The van der Waals surface area contributed by atoms with Gasteiger partial charge < -0.3 is 14.3 Å². The Morgan fingerprint density at radius 3 is 2.92 bits per heavy atom. The molecule has 24 heavy (non-hydrogen) atoms. The first kappa shape index (κ1) is 16.0. The first-order chi connectivity index (χ1) is 11.5. The quantitative estimate of drug-likeness (QED) is 0.746. The van der Waals surface area contributed by atoms with Crippen molar-refractivity contribution in [3.05, 3.63) is 47.5 Å². The molecule has 3 aromatic rings. The lowest BCUT2D eigenvalue weighted by atomic mass is 10.1. The lowest BCUT2D eigenvalue weighted by Crippen LogP contribution is -2.12. The van der Waals surface area contributed by atoms with Crippen molar-refractivity contribution < 1.29 is 27.8 Å². The minimum absolute atomic E-state index is 0.0392. The van der Waals surface area contributed by atoms with Crippen molar-refractivity contribution in [3.63, 3.8) is 0 Å². The molecule has 2 heterocycles. The van der Waals surface area contributed by atoms with Crippen molar-refractivity contribution >= 4 is 16.9 Å². The minimum atomic E-state index is -2.51. The van der Waals surface area contributed by atoms with Crippen LogP contribution in [0.25, 0.3) is 11.0 Å². The topological polar surface area (TPSA) is 77.5 Å². The van der Waals surface area contributed by atoms with E-state index >= 15 is 0 Å². The van der Waals surface area contributed by atoms with Gasteiger partial charge in [-0.05, 0) is 31.2 Å². The van der Waals surface area contributed by atoms with Gasteiger partial charge in [0.1, 0.15) is 35.8 Å². The summed E-state index contributed by atoms with van der Waals surface area (Å²) in [5.74, 6) is -0.362. The maximum Gasteiger partial charge on any atom is 0.339 e. The Kier molecular flexibility index (Phi) is 4.20. The summed E-state index contributed by atoms with van der Waals surface area (Å²) in [7, 11) is 0. The van der Waals surface area contributed by atoms with E-state index in [9.17, 15) is 18.7 Å². The molecule has 0 saturated heterocycles. The number of carbonyl (C=O) groups is 1. The molecule has 0 aliphatic rings. The molecular weight excluding hydrogens is 322 g/mol. The summed E-state index contributed by atoms with van der Waals surface area (Å²) in [5, 5.41) is 13.5. The third kappa shape index (κ3) is 3.08. The van der Waals surface area contributed by atoms with Gasteiger partial charge in [0.2, 0.25) is 0 Å². The van der Waals surface area contributed by atoms with E-state index in [1.807, 2.05) is 0 Å². The number of aryl methyl sites for hydroxylation is 1. The number of nitrogens with zero attached hydrogens (tertiary/aromatic N) is 2. The molecule has 0 atom stereocenters. The number of ether oxygens (including phenoxy) is 1. The molecule has 0 radical (unpaired) electrons. The zero-order chi connectivity index (χ0) is 17.3. The van der Waals surface area contributed by atoms with Crippen molar-refractivity contribution in [2.24, 2.45) is 0 Å². The first-order valence-corrected chi connectivity index (χ1v) is 7.14. The average Bonchev–Trinajstić information content (AvgIpc) is 3.06. The van der Waals surface area contributed by atoms with Gasteiger partial charge in [-0.1, -0.05) is 0 Å². The third-order valence-electron chi connectivity index (χ3n) is 3.55. The van der Waals surface area contributed by atoms with Crippen LogP contribution in [0.3, 0.4) is 0 Å². The van der Waals surface area contributed by atoms with Gasteiger partial charge in [0.05, 0.1) is 5.69 Å². The predicted molar refractivity (Wildman–Crippen MR) is 80.5 cm³/mol. The standard InChI is InChI=1S/C16H14F2N2O4/c1-9-15(16(21)22)12-6-11(2-3-13(12)24-9)23-8-10-4-5-19-20(10)7-14(17)18/h2-6,14H,7-8H2,1H3,(H,21,22). The zero-order valence-corrected chi connectivity index (χ0v) is 12.7. The van der Waals surface area contributed by atoms with E-state index in [0.29, 0.717) is 28.2 Å². The van der Waals surface area contributed by atoms with E-state index in [4.69, 9.17) is 9.15 Å². The van der Waals surface area contributed by atoms with Gasteiger partial charge in [-0.15, -0.1) is 0 Å². The molecule has 1 aromatic carbocycles. The van der Waals surface area contributed by atoms with Crippen LogP contribution in [0.4, 0.5) is 8.78 Å². The molecular formula is C16H14F2N2O4. The van der Waals surface area contributed by atoms with Crippen LogP contribution in [0.5, 0.6) is 5.75 Å². The lowest BCUT2D eigenvalue weighted by Gasteiger charge is -2.09. The number of alkyl halides is 2. The van der Waals surface area contributed by atoms with Crippen molar-refractivity contribution in [2.75, 3.05) is 0 Å². The van der Waals surface area contributed by atoms with Gasteiger partial charge in [0, 0.05) is 11.6 Å². The largest absolute Gasteiger partial charge is 0.487 e. The molecule has 0 saturated carbocycles. The summed E-state index contributed by atoms with van der Waals surface area (Å²) >= 11 is 0. The third-order valence-corrected chi connectivity index (χ3v) is 3.55. The monoisotopic (exact) mass is 336 g/mol. The van der Waals surface area contributed by atoms with Crippen molar-refractivity contribution in [2.45, 2.75) is 26.5 Å². The zero-order valence-electron chi connectivity index (χ0n) is 12.7. The van der Waals surface area contributed by atoms with Crippen LogP contribution in [0, 0.1) is 6.92 Å². The molecule has 0 aliphatic heterocycles. The first-order valence-electron chi connectivity index (χ1n) is 7.14. The second kappa shape index (κ2) is 6.31. The van der Waals surface area contributed by atoms with E-state index in [1.165, 1.54) is 10.9 Å². The summed E-state index contributed by atoms with van der Waals surface area (Å²) < 4.78 is 37.1. The van der Waals surface area contributed by atoms with Crippen LogP contribution < -0.4 is 4.74 Å². The maximum absolute atomic E-state index is 12.5. The van der Waals surface area contributed by atoms with Crippen molar-refractivity contribution in [1.29, 1.82) is 0 Å². The smallest absolute Gasteiger partial charge is 0.339 e. The van der Waals surface area contributed by atoms with Gasteiger partial charge in [0.25, 0.3) is 6.43 Å². The number of carboxylic acids is 1. The number of aromatic nitrogens is 2. The predicted octanol–water partition coefficient (Wildman–Crippen LogP) is 3.48. The summed E-state index contributed by atoms with van der Waals surface area (Å²) in [5.41, 5.74) is 1.02. The number of aromatic carboxylic acids is 1. The Morgan fingerprint density at radius 2 is 2.21 bits per heavy atom. The van der Waals surface area contributed by atoms with E-state index in [-0.39, 0.29) is 12.2 Å². The van der Waals surface area contributed by atoms with E-state index < -0.39 is 18.9 Å². The molecule has 0 spiro atoms. The number of fused-ring (bicyclic) bond motifs is 1. The van der Waals surface area contributed by atoms with Gasteiger partial charge in [0.15, 0.2) is 0 Å². The number of halogens is 2. The minimum Gasteiger partial charge on any atom is -0.487 e. The molecule has 2 aromatic heterocycles.